The van der Waals surface area contributed by atoms with Gasteiger partial charge in [-0.25, -0.2) is 0 Å². The van der Waals surface area contributed by atoms with Crippen molar-refractivity contribution in [2.45, 2.75) is 38.0 Å². The van der Waals surface area contributed by atoms with Crippen LogP contribution in [0.2, 0.25) is 0 Å². The number of anilines is 3. The van der Waals surface area contributed by atoms with E-state index in [1.165, 1.54) is 94.2 Å². The van der Waals surface area contributed by atoms with E-state index in [1.807, 2.05) is 0 Å². The molecular weight excluding hydrogens is 783 g/mol. The van der Waals surface area contributed by atoms with Gasteiger partial charge in [-0.05, 0) is 126 Å². The van der Waals surface area contributed by atoms with Gasteiger partial charge >= 0.3 is 0 Å². The van der Waals surface area contributed by atoms with Crippen molar-refractivity contribution in [2.75, 3.05) is 4.90 Å². The summed E-state index contributed by atoms with van der Waals surface area (Å²) in [5.74, 6) is 0.336. The van der Waals surface area contributed by atoms with E-state index >= 15 is 0 Å². The van der Waals surface area contributed by atoms with E-state index in [0.717, 1.165) is 29.9 Å². The number of benzene rings is 10. The average Bonchev–Trinajstić information content (AvgIpc) is 3.81. The van der Waals surface area contributed by atoms with Gasteiger partial charge in [0.1, 0.15) is 0 Å². The molecule has 310 valence electrons. The van der Waals surface area contributed by atoms with Gasteiger partial charge < -0.3 is 4.90 Å². The first-order valence-corrected chi connectivity index (χ1v) is 23.1. The monoisotopic (exact) mass is 831 g/mol. The Hall–Kier alpha value is -7.74. The summed E-state index contributed by atoms with van der Waals surface area (Å²) in [7, 11) is 0. The van der Waals surface area contributed by atoms with Gasteiger partial charge in [0.2, 0.25) is 0 Å². The van der Waals surface area contributed by atoms with Gasteiger partial charge in [0.25, 0.3) is 0 Å². The molecule has 0 amide bonds. The van der Waals surface area contributed by atoms with Gasteiger partial charge in [-0.3, -0.25) is 0 Å². The molecule has 1 atom stereocenters. The highest BCUT2D eigenvalue weighted by Gasteiger charge is 2.37. The van der Waals surface area contributed by atoms with E-state index < -0.39 is 0 Å². The van der Waals surface area contributed by atoms with Crippen molar-refractivity contribution in [3.05, 3.63) is 258 Å². The zero-order valence-electron chi connectivity index (χ0n) is 36.9. The van der Waals surface area contributed by atoms with E-state index in [-0.39, 0.29) is 5.41 Å². The van der Waals surface area contributed by atoms with Crippen molar-refractivity contribution in [3.63, 3.8) is 0 Å². The average molecular weight is 832 g/mol. The number of nitrogens with zero attached hydrogens (tertiary/aromatic N) is 1. The van der Waals surface area contributed by atoms with Crippen molar-refractivity contribution in [3.8, 4) is 55.6 Å². The molecular formula is C64H49N. The lowest BCUT2D eigenvalue weighted by Crippen LogP contribution is -2.15. The summed E-state index contributed by atoms with van der Waals surface area (Å²) in [6, 6.07) is 85.8. The zero-order valence-corrected chi connectivity index (χ0v) is 36.9. The van der Waals surface area contributed by atoms with Crippen molar-refractivity contribution in [2.24, 2.45) is 0 Å². The second-order valence-electron chi connectivity index (χ2n) is 18.3. The number of aryl methyl sites for hydroxylation is 1. The van der Waals surface area contributed by atoms with Crippen molar-refractivity contribution in [1.29, 1.82) is 0 Å². The van der Waals surface area contributed by atoms with Crippen molar-refractivity contribution < 1.29 is 0 Å². The maximum Gasteiger partial charge on any atom is 0.0540 e. The van der Waals surface area contributed by atoms with Gasteiger partial charge in [0, 0.05) is 28.1 Å². The Balaban J connectivity index is 1.04. The van der Waals surface area contributed by atoms with Gasteiger partial charge in [-0.15, -0.1) is 0 Å². The Morgan fingerprint density at radius 3 is 1.80 bits per heavy atom. The quantitative estimate of drug-likeness (QED) is 0.140. The van der Waals surface area contributed by atoms with Crippen LogP contribution in [0.25, 0.3) is 66.4 Å². The van der Waals surface area contributed by atoms with Gasteiger partial charge in [-0.2, -0.15) is 0 Å². The molecule has 0 saturated carbocycles. The topological polar surface area (TPSA) is 3.24 Å². The SMILES string of the molecule is CC1(C)c2ccccc2-c2c(-c3ccccc3N(c3cccc(-c4ccc5c(c4)C(CCc4ccccc4)c4ccccc4-5)c3)c3ccccc3-c3cccc4ccccc34)cccc21. The van der Waals surface area contributed by atoms with Crippen molar-refractivity contribution in [1.82, 2.24) is 0 Å². The van der Waals surface area contributed by atoms with E-state index in [0.29, 0.717) is 5.92 Å². The second kappa shape index (κ2) is 15.8. The molecule has 12 rings (SSSR count). The molecule has 0 N–H and O–H groups in total. The van der Waals surface area contributed by atoms with E-state index in [1.54, 1.807) is 0 Å². The molecule has 1 nitrogen and oxygen atoms in total. The van der Waals surface area contributed by atoms with Crippen LogP contribution in [0.3, 0.4) is 0 Å². The highest BCUT2D eigenvalue weighted by Crippen LogP contribution is 2.55. The fourth-order valence-corrected chi connectivity index (χ4v) is 11.2. The summed E-state index contributed by atoms with van der Waals surface area (Å²) in [6.45, 7) is 4.74. The first-order chi connectivity index (χ1) is 32.0. The predicted molar refractivity (Wildman–Crippen MR) is 275 cm³/mol. The van der Waals surface area contributed by atoms with Crippen LogP contribution in [0.1, 0.15) is 54.0 Å². The molecule has 0 bridgehead atoms. The molecule has 0 radical (unpaired) electrons. The third kappa shape index (κ3) is 6.53. The highest BCUT2D eigenvalue weighted by atomic mass is 15.1. The van der Waals surface area contributed by atoms with Crippen LogP contribution in [0, 0.1) is 0 Å². The molecule has 0 aliphatic heterocycles. The maximum atomic E-state index is 2.52. The van der Waals surface area contributed by atoms with E-state index in [9.17, 15) is 0 Å². The first kappa shape index (κ1) is 38.9. The standard InChI is InChI=1S/C64H49N/c1-64(2)59-33-13-10-30-57(59)63-56(32-18-34-60(63)64)55-29-12-15-36-62(55)65(61-35-14-11-28-54(61)49-31-17-22-44-21-6-7-25-48(44)49)47-24-16-23-45(41-47)46-38-40-53-51-27-9-8-26-50(51)52(58(53)42-46)39-37-43-19-4-3-5-20-43/h3-36,38,40-42,52H,37,39H2,1-2H3. The van der Waals surface area contributed by atoms with Gasteiger partial charge in [0.05, 0.1) is 11.4 Å². The van der Waals surface area contributed by atoms with E-state index in [2.05, 4.69) is 249 Å². The normalized spacial score (nSPS) is 14.1. The Morgan fingerprint density at radius 1 is 0.400 bits per heavy atom. The molecule has 1 unspecified atom stereocenters. The maximum absolute atomic E-state index is 2.52. The lowest BCUT2D eigenvalue weighted by molar-refractivity contribution is 0.660. The fraction of sp³-hybridized carbons (Fsp3) is 0.0938. The largest absolute Gasteiger partial charge is 0.309 e. The molecule has 10 aromatic rings. The molecule has 0 fully saturated rings. The summed E-state index contributed by atoms with van der Waals surface area (Å²) in [5.41, 5.74) is 22.9. The number of hydrogen-bond acceptors (Lipinski definition) is 1. The van der Waals surface area contributed by atoms with Crippen LogP contribution in [0.4, 0.5) is 17.1 Å². The number of para-hydroxylation sites is 2. The molecule has 2 aliphatic carbocycles. The van der Waals surface area contributed by atoms with Crippen LogP contribution < -0.4 is 4.90 Å². The fourth-order valence-electron chi connectivity index (χ4n) is 11.2. The van der Waals surface area contributed by atoms with Crippen LogP contribution >= 0.6 is 0 Å². The van der Waals surface area contributed by atoms with Gasteiger partial charge in [0.15, 0.2) is 0 Å². The Kier molecular flexibility index (Phi) is 9.46. The van der Waals surface area contributed by atoms with E-state index in [4.69, 9.17) is 0 Å². The number of hydrogen-bond donors (Lipinski definition) is 0. The van der Waals surface area contributed by atoms with Crippen LogP contribution in [0.5, 0.6) is 0 Å². The summed E-state index contributed by atoms with van der Waals surface area (Å²) in [4.78, 5) is 2.52. The Bertz CT molecular complexity index is 3420. The lowest BCUT2D eigenvalue weighted by atomic mass is 9.82. The van der Waals surface area contributed by atoms with Crippen molar-refractivity contribution >= 4 is 27.8 Å². The molecule has 0 spiro atoms. The summed E-state index contributed by atoms with van der Waals surface area (Å²) < 4.78 is 0. The number of fused-ring (bicyclic) bond motifs is 7. The predicted octanol–water partition coefficient (Wildman–Crippen LogP) is 17.4. The first-order valence-electron chi connectivity index (χ1n) is 23.1. The molecule has 0 heterocycles. The zero-order chi connectivity index (χ0) is 43.5. The van der Waals surface area contributed by atoms with Crippen LogP contribution in [0.15, 0.2) is 231 Å². The third-order valence-corrected chi connectivity index (χ3v) is 14.3. The Morgan fingerprint density at radius 2 is 0.969 bits per heavy atom. The molecule has 65 heavy (non-hydrogen) atoms. The highest BCUT2D eigenvalue weighted by molar-refractivity contribution is 6.04. The summed E-state index contributed by atoms with van der Waals surface area (Å²) in [6.07, 6.45) is 2.11. The van der Waals surface area contributed by atoms with Crippen LogP contribution in [-0.4, -0.2) is 0 Å². The molecule has 0 saturated heterocycles. The molecule has 0 aromatic heterocycles. The number of rotatable bonds is 9. The molecule has 1 heteroatoms. The minimum absolute atomic E-state index is 0.107. The third-order valence-electron chi connectivity index (χ3n) is 14.3. The molecule has 2 aliphatic rings. The second-order valence-corrected chi connectivity index (χ2v) is 18.3. The summed E-state index contributed by atoms with van der Waals surface area (Å²) >= 11 is 0. The minimum atomic E-state index is -0.107. The minimum Gasteiger partial charge on any atom is -0.309 e. The molecule has 10 aromatic carbocycles. The Labute approximate surface area is 383 Å². The van der Waals surface area contributed by atoms with Crippen LogP contribution in [-0.2, 0) is 11.8 Å². The smallest absolute Gasteiger partial charge is 0.0540 e. The summed E-state index contributed by atoms with van der Waals surface area (Å²) in [5, 5.41) is 2.47. The lowest BCUT2D eigenvalue weighted by Gasteiger charge is -2.31. The van der Waals surface area contributed by atoms with Gasteiger partial charge in [-0.1, -0.05) is 214 Å².